The lowest BCUT2D eigenvalue weighted by molar-refractivity contribution is -0.140. The third kappa shape index (κ3) is 3.39. The standard InChI is InChI=1S/C17H19F2NO4/c1-3-9-7-13(11(4-2)15(19)14(9)18)20(10-5-6-10)8-12(16(21)22)17(23)24/h7-8,10H,3-6H2,1-2H3,(H,21,22)(H,23,24). The number of hydrogen-bond acceptors (Lipinski definition) is 3. The lowest BCUT2D eigenvalue weighted by Crippen LogP contribution is -2.25. The molecule has 2 N–H and O–H groups in total. The van der Waals surface area contributed by atoms with Crippen molar-refractivity contribution in [2.75, 3.05) is 4.90 Å². The number of aryl methyl sites for hydroxylation is 1. The number of nitrogens with zero attached hydrogens (tertiary/aromatic N) is 1. The summed E-state index contributed by atoms with van der Waals surface area (Å²) >= 11 is 0. The van der Waals surface area contributed by atoms with E-state index in [9.17, 15) is 18.4 Å². The van der Waals surface area contributed by atoms with Gasteiger partial charge in [-0.2, -0.15) is 0 Å². The van der Waals surface area contributed by atoms with Crippen LogP contribution in [0.5, 0.6) is 0 Å². The van der Waals surface area contributed by atoms with Crippen molar-refractivity contribution in [3.8, 4) is 0 Å². The van der Waals surface area contributed by atoms with Gasteiger partial charge in [-0.3, -0.25) is 0 Å². The zero-order valence-corrected chi connectivity index (χ0v) is 13.5. The van der Waals surface area contributed by atoms with Crippen LogP contribution in [0.4, 0.5) is 14.5 Å². The van der Waals surface area contributed by atoms with E-state index in [4.69, 9.17) is 10.2 Å². The lowest BCUT2D eigenvalue weighted by atomic mass is 10.0. The molecule has 7 heteroatoms. The first-order valence-corrected chi connectivity index (χ1v) is 7.78. The number of rotatable bonds is 7. The van der Waals surface area contributed by atoms with Crippen LogP contribution >= 0.6 is 0 Å². The summed E-state index contributed by atoms with van der Waals surface area (Å²) in [6.45, 7) is 3.35. The Morgan fingerprint density at radius 1 is 1.17 bits per heavy atom. The molecule has 0 aliphatic heterocycles. The van der Waals surface area contributed by atoms with Crippen molar-refractivity contribution in [3.63, 3.8) is 0 Å². The van der Waals surface area contributed by atoms with Gasteiger partial charge in [-0.15, -0.1) is 0 Å². The van der Waals surface area contributed by atoms with Gasteiger partial charge in [0.05, 0.1) is 0 Å². The fraction of sp³-hybridized carbons (Fsp3) is 0.412. The molecular formula is C17H19F2NO4. The van der Waals surface area contributed by atoms with Crippen LogP contribution in [0.1, 0.15) is 37.8 Å². The Hall–Kier alpha value is -2.44. The Labute approximate surface area is 138 Å². The molecule has 1 fully saturated rings. The van der Waals surface area contributed by atoms with Gasteiger partial charge in [-0.05, 0) is 37.3 Å². The molecule has 0 spiro atoms. The number of carbonyl (C=O) groups is 2. The number of benzene rings is 1. The molecule has 0 bridgehead atoms. The second kappa shape index (κ2) is 6.98. The van der Waals surface area contributed by atoms with E-state index in [2.05, 4.69) is 0 Å². The Kier molecular flexibility index (Phi) is 5.21. The maximum Gasteiger partial charge on any atom is 0.344 e. The Morgan fingerprint density at radius 2 is 1.75 bits per heavy atom. The summed E-state index contributed by atoms with van der Waals surface area (Å²) in [5.74, 6) is -5.03. The minimum atomic E-state index is -1.58. The van der Waals surface area contributed by atoms with Crippen LogP contribution in [0, 0.1) is 11.6 Å². The van der Waals surface area contributed by atoms with Crippen LogP contribution in [0.25, 0.3) is 0 Å². The van der Waals surface area contributed by atoms with Gasteiger partial charge in [0.15, 0.2) is 17.2 Å². The third-order valence-electron chi connectivity index (χ3n) is 4.04. The largest absolute Gasteiger partial charge is 0.477 e. The SMILES string of the molecule is CCc1cc(N(C=C(C(=O)O)C(=O)O)C2CC2)c(CC)c(F)c1F. The molecule has 0 aromatic heterocycles. The molecule has 0 atom stereocenters. The molecule has 1 aromatic carbocycles. The summed E-state index contributed by atoms with van der Waals surface area (Å²) in [5.41, 5.74) is -0.198. The summed E-state index contributed by atoms with van der Waals surface area (Å²) < 4.78 is 28.4. The normalized spacial score (nSPS) is 13.5. The molecule has 0 amide bonds. The lowest BCUT2D eigenvalue weighted by Gasteiger charge is -2.25. The summed E-state index contributed by atoms with van der Waals surface area (Å²) in [4.78, 5) is 23.7. The van der Waals surface area contributed by atoms with E-state index in [0.717, 1.165) is 19.0 Å². The van der Waals surface area contributed by atoms with Crippen molar-refractivity contribution < 1.29 is 28.6 Å². The summed E-state index contributed by atoms with van der Waals surface area (Å²) in [6.07, 6.45) is 2.94. The van der Waals surface area contributed by atoms with Gasteiger partial charge < -0.3 is 15.1 Å². The monoisotopic (exact) mass is 339 g/mol. The summed E-state index contributed by atoms with van der Waals surface area (Å²) in [7, 11) is 0. The first-order valence-electron chi connectivity index (χ1n) is 7.78. The zero-order chi connectivity index (χ0) is 18.0. The van der Waals surface area contributed by atoms with Crippen LogP contribution < -0.4 is 4.90 Å². The van der Waals surface area contributed by atoms with E-state index >= 15 is 0 Å². The van der Waals surface area contributed by atoms with E-state index in [1.165, 1.54) is 11.0 Å². The molecule has 0 radical (unpaired) electrons. The number of carboxylic acids is 2. The molecule has 130 valence electrons. The quantitative estimate of drug-likeness (QED) is 0.453. The molecule has 5 nitrogen and oxygen atoms in total. The highest BCUT2D eigenvalue weighted by Gasteiger charge is 2.33. The van der Waals surface area contributed by atoms with Gasteiger partial charge >= 0.3 is 11.9 Å². The van der Waals surface area contributed by atoms with E-state index in [0.29, 0.717) is 5.69 Å². The molecular weight excluding hydrogens is 320 g/mol. The van der Waals surface area contributed by atoms with Crippen molar-refractivity contribution in [2.24, 2.45) is 0 Å². The van der Waals surface area contributed by atoms with Gasteiger partial charge in [-0.1, -0.05) is 13.8 Å². The maximum absolute atomic E-state index is 14.4. The van der Waals surface area contributed by atoms with Crippen molar-refractivity contribution in [2.45, 2.75) is 45.6 Å². The van der Waals surface area contributed by atoms with Crippen LogP contribution in [0.3, 0.4) is 0 Å². The summed E-state index contributed by atoms with van der Waals surface area (Å²) in [5, 5.41) is 18.1. The first kappa shape index (κ1) is 17.9. The molecule has 1 aliphatic rings. The molecule has 0 heterocycles. The number of hydrogen-bond donors (Lipinski definition) is 2. The highest BCUT2D eigenvalue weighted by atomic mass is 19.2. The van der Waals surface area contributed by atoms with E-state index in [1.807, 2.05) is 0 Å². The topological polar surface area (TPSA) is 77.8 Å². The minimum Gasteiger partial charge on any atom is -0.477 e. The second-order valence-electron chi connectivity index (χ2n) is 5.66. The molecule has 1 aliphatic carbocycles. The minimum absolute atomic E-state index is 0.112. The smallest absolute Gasteiger partial charge is 0.344 e. The van der Waals surface area contributed by atoms with E-state index in [-0.39, 0.29) is 30.0 Å². The van der Waals surface area contributed by atoms with Crippen molar-refractivity contribution in [1.82, 2.24) is 0 Å². The summed E-state index contributed by atoms with van der Waals surface area (Å²) in [6, 6.07) is 1.37. The number of halogens is 2. The van der Waals surface area contributed by atoms with Gasteiger partial charge in [-0.25, -0.2) is 18.4 Å². The highest BCUT2D eigenvalue weighted by Crippen LogP contribution is 2.37. The predicted octanol–water partition coefficient (Wildman–Crippen LogP) is 3.11. The average Bonchev–Trinajstić information content (AvgIpc) is 3.35. The number of aliphatic carboxylic acids is 2. The van der Waals surface area contributed by atoms with E-state index < -0.39 is 29.1 Å². The zero-order valence-electron chi connectivity index (χ0n) is 13.5. The van der Waals surface area contributed by atoms with Crippen molar-refractivity contribution in [1.29, 1.82) is 0 Å². The second-order valence-corrected chi connectivity index (χ2v) is 5.66. The van der Waals surface area contributed by atoms with Gasteiger partial charge in [0.25, 0.3) is 0 Å². The Bertz CT molecular complexity index is 695. The van der Waals surface area contributed by atoms with Crippen LogP contribution in [0.15, 0.2) is 17.8 Å². The molecule has 0 saturated heterocycles. The third-order valence-corrected chi connectivity index (χ3v) is 4.04. The maximum atomic E-state index is 14.4. The predicted molar refractivity (Wildman–Crippen MR) is 84.0 cm³/mol. The molecule has 24 heavy (non-hydrogen) atoms. The molecule has 1 saturated carbocycles. The van der Waals surface area contributed by atoms with Crippen LogP contribution in [-0.4, -0.2) is 28.2 Å². The van der Waals surface area contributed by atoms with Crippen LogP contribution in [0.2, 0.25) is 0 Å². The Morgan fingerprint density at radius 3 is 2.17 bits per heavy atom. The molecule has 2 rings (SSSR count). The number of anilines is 1. The van der Waals surface area contributed by atoms with Crippen molar-refractivity contribution >= 4 is 17.6 Å². The fourth-order valence-corrected chi connectivity index (χ4v) is 2.59. The van der Waals surface area contributed by atoms with Gasteiger partial charge in [0.1, 0.15) is 0 Å². The first-order chi connectivity index (χ1) is 11.3. The molecule has 0 unspecified atom stereocenters. The van der Waals surface area contributed by atoms with E-state index in [1.54, 1.807) is 13.8 Å². The number of carboxylic acid groups (broad SMARTS) is 2. The molecule has 1 aromatic rings. The highest BCUT2D eigenvalue weighted by molar-refractivity contribution is 6.12. The van der Waals surface area contributed by atoms with Crippen molar-refractivity contribution in [3.05, 3.63) is 40.6 Å². The fourth-order valence-electron chi connectivity index (χ4n) is 2.59. The van der Waals surface area contributed by atoms with Gasteiger partial charge in [0.2, 0.25) is 0 Å². The van der Waals surface area contributed by atoms with Crippen LogP contribution in [-0.2, 0) is 22.4 Å². The average molecular weight is 339 g/mol. The van der Waals surface area contributed by atoms with Gasteiger partial charge in [0, 0.05) is 23.5 Å². The Balaban J connectivity index is 2.64.